The summed E-state index contributed by atoms with van der Waals surface area (Å²) in [7, 11) is 0. The minimum Gasteiger partial charge on any atom is -0.352 e. The first-order valence-corrected chi connectivity index (χ1v) is 7.78. The monoisotopic (exact) mass is 322 g/mol. The van der Waals surface area contributed by atoms with Crippen molar-refractivity contribution in [2.24, 2.45) is 0 Å². The van der Waals surface area contributed by atoms with E-state index in [4.69, 9.17) is 23.2 Å². The van der Waals surface area contributed by atoms with Crippen molar-refractivity contribution in [1.29, 1.82) is 5.26 Å². The van der Waals surface area contributed by atoms with Crippen LogP contribution in [0.2, 0.25) is 10.0 Å². The molecule has 0 saturated heterocycles. The molecule has 102 valence electrons. The van der Waals surface area contributed by atoms with Crippen molar-refractivity contribution in [2.45, 2.75) is 11.8 Å². The molecule has 2 nitrogen and oxygen atoms in total. The molecule has 0 amide bonds. The number of para-hydroxylation sites is 1. The number of hydrogen-bond acceptors (Lipinski definition) is 3. The van der Waals surface area contributed by atoms with Crippen LogP contribution in [-0.4, -0.2) is 5.75 Å². The van der Waals surface area contributed by atoms with Gasteiger partial charge in [0.15, 0.2) is 0 Å². The number of nitrogens with zero attached hydrogens (tertiary/aromatic N) is 1. The van der Waals surface area contributed by atoms with Gasteiger partial charge >= 0.3 is 0 Å². The predicted molar refractivity (Wildman–Crippen MR) is 87.3 cm³/mol. The smallest absolute Gasteiger partial charge is 0.103 e. The second kappa shape index (κ2) is 6.90. The molecule has 0 unspecified atom stereocenters. The van der Waals surface area contributed by atoms with Gasteiger partial charge in [0, 0.05) is 4.90 Å². The van der Waals surface area contributed by atoms with E-state index < -0.39 is 0 Å². The molecule has 0 heterocycles. The molecule has 2 aromatic carbocycles. The molecule has 0 spiro atoms. The molecule has 0 radical (unpaired) electrons. The molecule has 0 fully saturated rings. The molecule has 0 atom stereocenters. The Morgan fingerprint density at radius 3 is 2.40 bits per heavy atom. The van der Waals surface area contributed by atoms with Gasteiger partial charge in [-0.15, -0.1) is 11.8 Å². The van der Waals surface area contributed by atoms with E-state index in [-0.39, 0.29) is 0 Å². The molecular formula is C15H12Cl2N2S. The van der Waals surface area contributed by atoms with Crippen LogP contribution in [-0.2, 0) is 0 Å². The summed E-state index contributed by atoms with van der Waals surface area (Å²) >= 11 is 13.9. The zero-order valence-corrected chi connectivity index (χ0v) is 13.1. The lowest BCUT2D eigenvalue weighted by Gasteiger charge is -2.13. The van der Waals surface area contributed by atoms with Gasteiger partial charge in [0.25, 0.3) is 0 Å². The van der Waals surface area contributed by atoms with Crippen molar-refractivity contribution in [3.63, 3.8) is 0 Å². The topological polar surface area (TPSA) is 35.8 Å². The number of hydrogen-bond donors (Lipinski definition) is 1. The molecule has 0 bridgehead atoms. The second-order valence-electron chi connectivity index (χ2n) is 3.95. The van der Waals surface area contributed by atoms with Gasteiger partial charge in [0.05, 0.1) is 27.0 Å². The molecule has 2 rings (SSSR count). The third kappa shape index (κ3) is 3.21. The van der Waals surface area contributed by atoms with Crippen molar-refractivity contribution in [3.05, 3.63) is 52.0 Å². The van der Waals surface area contributed by atoms with Crippen molar-refractivity contribution in [3.8, 4) is 6.07 Å². The molecule has 2 aromatic rings. The van der Waals surface area contributed by atoms with E-state index in [2.05, 4.69) is 18.3 Å². The first kappa shape index (κ1) is 15.1. The molecule has 20 heavy (non-hydrogen) atoms. The predicted octanol–water partition coefficient (Wildman–Crippen LogP) is 5.72. The van der Waals surface area contributed by atoms with E-state index >= 15 is 0 Å². The highest BCUT2D eigenvalue weighted by atomic mass is 35.5. The average molecular weight is 323 g/mol. The maximum absolute atomic E-state index is 9.37. The number of halogens is 2. The molecule has 0 aliphatic rings. The number of anilines is 2. The fraction of sp³-hybridized carbons (Fsp3) is 0.133. The lowest BCUT2D eigenvalue weighted by atomic mass is 10.2. The maximum Gasteiger partial charge on any atom is 0.103 e. The fourth-order valence-electron chi connectivity index (χ4n) is 1.78. The quantitative estimate of drug-likeness (QED) is 0.731. The highest BCUT2D eigenvalue weighted by Crippen LogP contribution is 2.35. The Hall–Kier alpha value is -1.34. The fourth-order valence-corrected chi connectivity index (χ4v) is 3.06. The van der Waals surface area contributed by atoms with E-state index in [1.54, 1.807) is 30.0 Å². The number of nitriles is 1. The number of thioether (sulfide) groups is 1. The Labute approximate surface area is 132 Å². The van der Waals surface area contributed by atoms with Gasteiger partial charge in [0.2, 0.25) is 0 Å². The average Bonchev–Trinajstić information content (AvgIpc) is 2.43. The summed E-state index contributed by atoms with van der Waals surface area (Å²) in [6.07, 6.45) is 0. The summed E-state index contributed by atoms with van der Waals surface area (Å²) in [4.78, 5) is 0.947. The highest BCUT2D eigenvalue weighted by Gasteiger charge is 2.11. The summed E-state index contributed by atoms with van der Waals surface area (Å²) in [6.45, 7) is 2.05. The van der Waals surface area contributed by atoms with Crippen LogP contribution < -0.4 is 5.32 Å². The van der Waals surface area contributed by atoms with E-state index in [0.29, 0.717) is 27.0 Å². The SMILES string of the molecule is CCSc1cccc(Nc2c(Cl)cccc2Cl)c1C#N. The van der Waals surface area contributed by atoms with Crippen LogP contribution in [0.15, 0.2) is 41.3 Å². The molecule has 5 heteroatoms. The van der Waals surface area contributed by atoms with Gasteiger partial charge in [0.1, 0.15) is 6.07 Å². The first-order chi connectivity index (χ1) is 9.67. The van der Waals surface area contributed by atoms with Crippen LogP contribution in [0.1, 0.15) is 12.5 Å². The largest absolute Gasteiger partial charge is 0.352 e. The number of rotatable bonds is 4. The highest BCUT2D eigenvalue weighted by molar-refractivity contribution is 7.99. The summed E-state index contributed by atoms with van der Waals surface area (Å²) < 4.78 is 0. The molecular weight excluding hydrogens is 311 g/mol. The molecule has 0 aliphatic heterocycles. The summed E-state index contributed by atoms with van der Waals surface area (Å²) in [5.41, 5.74) is 1.93. The first-order valence-electron chi connectivity index (χ1n) is 6.04. The second-order valence-corrected chi connectivity index (χ2v) is 6.07. The molecule has 0 aromatic heterocycles. The van der Waals surface area contributed by atoms with E-state index in [1.165, 1.54) is 0 Å². The Kier molecular flexibility index (Phi) is 5.19. The maximum atomic E-state index is 9.37. The van der Waals surface area contributed by atoms with Crippen LogP contribution in [0.3, 0.4) is 0 Å². The van der Waals surface area contributed by atoms with E-state index in [1.807, 2.05) is 18.2 Å². The van der Waals surface area contributed by atoms with Crippen LogP contribution in [0, 0.1) is 11.3 Å². The Bertz CT molecular complexity index is 645. The van der Waals surface area contributed by atoms with Gasteiger partial charge in [-0.25, -0.2) is 0 Å². The Morgan fingerprint density at radius 1 is 1.15 bits per heavy atom. The van der Waals surface area contributed by atoms with Crippen molar-refractivity contribution in [1.82, 2.24) is 0 Å². The van der Waals surface area contributed by atoms with Crippen LogP contribution >= 0.6 is 35.0 Å². The molecule has 0 aliphatic carbocycles. The minimum absolute atomic E-state index is 0.523. The Morgan fingerprint density at radius 2 is 1.80 bits per heavy atom. The number of nitrogens with one attached hydrogen (secondary N) is 1. The lowest BCUT2D eigenvalue weighted by Crippen LogP contribution is -1.96. The van der Waals surface area contributed by atoms with Gasteiger partial charge in [-0.3, -0.25) is 0 Å². The zero-order valence-electron chi connectivity index (χ0n) is 10.8. The summed E-state index contributed by atoms with van der Waals surface area (Å²) in [5.74, 6) is 0.908. The van der Waals surface area contributed by atoms with Gasteiger partial charge < -0.3 is 5.32 Å². The third-order valence-corrected chi connectivity index (χ3v) is 4.23. The summed E-state index contributed by atoms with van der Waals surface area (Å²) in [5, 5.41) is 13.6. The van der Waals surface area contributed by atoms with Gasteiger partial charge in [-0.2, -0.15) is 5.26 Å². The van der Waals surface area contributed by atoms with Crippen LogP contribution in [0.5, 0.6) is 0 Å². The van der Waals surface area contributed by atoms with E-state index in [0.717, 1.165) is 10.6 Å². The van der Waals surface area contributed by atoms with Crippen LogP contribution in [0.4, 0.5) is 11.4 Å². The molecule has 0 saturated carbocycles. The normalized spacial score (nSPS) is 10.1. The van der Waals surface area contributed by atoms with E-state index in [9.17, 15) is 5.26 Å². The minimum atomic E-state index is 0.523. The molecule has 1 N–H and O–H groups in total. The number of benzene rings is 2. The Balaban J connectivity index is 2.44. The van der Waals surface area contributed by atoms with Crippen molar-refractivity contribution < 1.29 is 0 Å². The van der Waals surface area contributed by atoms with Crippen LogP contribution in [0.25, 0.3) is 0 Å². The summed E-state index contributed by atoms with van der Waals surface area (Å²) in [6, 6.07) is 13.2. The third-order valence-electron chi connectivity index (χ3n) is 2.66. The van der Waals surface area contributed by atoms with Gasteiger partial charge in [-0.05, 0) is 30.0 Å². The standard InChI is InChI=1S/C15H12Cl2N2S/c1-2-20-14-8-4-7-13(10(14)9-18)19-15-11(16)5-3-6-12(15)17/h3-8,19H,2H2,1H3. The zero-order chi connectivity index (χ0) is 14.5. The van der Waals surface area contributed by atoms with Crippen molar-refractivity contribution >= 4 is 46.3 Å². The van der Waals surface area contributed by atoms with Gasteiger partial charge in [-0.1, -0.05) is 42.3 Å². The lowest BCUT2D eigenvalue weighted by molar-refractivity contribution is 1.34. The van der Waals surface area contributed by atoms with Crippen molar-refractivity contribution in [2.75, 3.05) is 11.1 Å².